The van der Waals surface area contributed by atoms with Crippen LogP contribution in [0, 0.1) is 20.8 Å². The molecular formula is C34H43N3O6. The van der Waals surface area contributed by atoms with E-state index in [4.69, 9.17) is 15.2 Å². The van der Waals surface area contributed by atoms with Gasteiger partial charge in [0.2, 0.25) is 5.91 Å². The van der Waals surface area contributed by atoms with Crippen molar-refractivity contribution in [2.45, 2.75) is 59.6 Å². The lowest BCUT2D eigenvalue weighted by atomic mass is 10.00. The summed E-state index contributed by atoms with van der Waals surface area (Å²) in [5.74, 6) is -1.64. The van der Waals surface area contributed by atoms with Crippen LogP contribution >= 0.6 is 0 Å². The van der Waals surface area contributed by atoms with Gasteiger partial charge in [0.1, 0.15) is 12.6 Å². The number of carbonyl (C=O) groups is 4. The summed E-state index contributed by atoms with van der Waals surface area (Å²) in [6, 6.07) is 21.1. The van der Waals surface area contributed by atoms with Crippen LogP contribution in [0.1, 0.15) is 57.9 Å². The summed E-state index contributed by atoms with van der Waals surface area (Å²) in [4.78, 5) is 50.2. The maximum atomic E-state index is 12.9. The number of benzene rings is 3. The van der Waals surface area contributed by atoms with Crippen molar-refractivity contribution in [3.05, 3.63) is 106 Å². The monoisotopic (exact) mass is 589 g/mol. The van der Waals surface area contributed by atoms with Gasteiger partial charge in [-0.1, -0.05) is 91.7 Å². The van der Waals surface area contributed by atoms with Crippen LogP contribution in [0.5, 0.6) is 0 Å². The Morgan fingerprint density at radius 1 is 0.837 bits per heavy atom. The van der Waals surface area contributed by atoms with Gasteiger partial charge in [-0.15, -0.1) is 0 Å². The van der Waals surface area contributed by atoms with Crippen LogP contribution in [0.15, 0.2) is 72.8 Å². The SMILES string of the molecule is CCCCN.Cc1cc(C)c(C(=O)OCC(=O)CNC(=O)C(Cc2ccccc2)NC(=O)OCc2ccccc2)c(C)c1. The molecule has 0 aromatic heterocycles. The Morgan fingerprint density at radius 2 is 1.42 bits per heavy atom. The van der Waals surface area contributed by atoms with Crippen molar-refractivity contribution in [1.82, 2.24) is 10.6 Å². The van der Waals surface area contributed by atoms with Crippen molar-refractivity contribution in [3.63, 3.8) is 0 Å². The lowest BCUT2D eigenvalue weighted by molar-refractivity contribution is -0.127. The predicted molar refractivity (Wildman–Crippen MR) is 167 cm³/mol. The van der Waals surface area contributed by atoms with Crippen LogP contribution in [-0.2, 0) is 32.1 Å². The third-order valence-corrected chi connectivity index (χ3v) is 6.37. The Morgan fingerprint density at radius 3 is 1.95 bits per heavy atom. The quantitative estimate of drug-likeness (QED) is 0.245. The van der Waals surface area contributed by atoms with E-state index in [1.54, 1.807) is 0 Å². The first-order valence-electron chi connectivity index (χ1n) is 14.4. The van der Waals surface area contributed by atoms with Crippen LogP contribution in [0.25, 0.3) is 0 Å². The molecule has 230 valence electrons. The number of ether oxygens (including phenoxy) is 2. The number of nitrogens with one attached hydrogen (secondary N) is 2. The minimum absolute atomic E-state index is 0.0517. The fraction of sp³-hybridized carbons (Fsp3) is 0.353. The minimum atomic E-state index is -0.978. The molecule has 0 aliphatic rings. The zero-order chi connectivity index (χ0) is 31.6. The predicted octanol–water partition coefficient (Wildman–Crippen LogP) is 4.74. The summed E-state index contributed by atoms with van der Waals surface area (Å²) in [5, 5.41) is 5.10. The van der Waals surface area contributed by atoms with Crippen molar-refractivity contribution < 1.29 is 28.7 Å². The molecule has 0 heterocycles. The Balaban J connectivity index is 0.00000119. The Hall–Kier alpha value is -4.50. The maximum Gasteiger partial charge on any atom is 0.408 e. The zero-order valence-corrected chi connectivity index (χ0v) is 25.5. The third-order valence-electron chi connectivity index (χ3n) is 6.37. The van der Waals surface area contributed by atoms with E-state index in [1.807, 2.05) is 93.6 Å². The number of alkyl carbamates (subject to hydrolysis) is 1. The Labute approximate surface area is 254 Å². The molecule has 3 aromatic carbocycles. The van der Waals surface area contributed by atoms with Crippen molar-refractivity contribution in [2.75, 3.05) is 19.7 Å². The molecule has 4 N–H and O–H groups in total. The summed E-state index contributed by atoms with van der Waals surface area (Å²) < 4.78 is 10.4. The summed E-state index contributed by atoms with van der Waals surface area (Å²) in [6.45, 7) is 7.74. The summed E-state index contributed by atoms with van der Waals surface area (Å²) >= 11 is 0. The van der Waals surface area contributed by atoms with E-state index in [2.05, 4.69) is 17.6 Å². The van der Waals surface area contributed by atoms with E-state index in [9.17, 15) is 19.2 Å². The van der Waals surface area contributed by atoms with Gasteiger partial charge in [-0.05, 0) is 56.0 Å². The number of hydrogen-bond donors (Lipinski definition) is 3. The topological polar surface area (TPSA) is 137 Å². The number of carbonyl (C=O) groups excluding carboxylic acids is 4. The van der Waals surface area contributed by atoms with Crippen LogP contribution < -0.4 is 16.4 Å². The Kier molecular flexibility index (Phi) is 15.2. The fourth-order valence-corrected chi connectivity index (χ4v) is 4.25. The van der Waals surface area contributed by atoms with Gasteiger partial charge in [0, 0.05) is 6.42 Å². The number of amides is 2. The van der Waals surface area contributed by atoms with Gasteiger partial charge < -0.3 is 25.8 Å². The van der Waals surface area contributed by atoms with Crippen molar-refractivity contribution in [1.29, 1.82) is 0 Å². The van der Waals surface area contributed by atoms with Gasteiger partial charge >= 0.3 is 12.1 Å². The number of Topliss-reactive ketones (excluding diaryl/α,β-unsaturated/α-hetero) is 1. The largest absolute Gasteiger partial charge is 0.454 e. The molecule has 0 saturated heterocycles. The van der Waals surface area contributed by atoms with Gasteiger partial charge in [-0.2, -0.15) is 0 Å². The Bertz CT molecular complexity index is 1300. The van der Waals surface area contributed by atoms with Crippen LogP contribution in [-0.4, -0.2) is 49.5 Å². The molecule has 43 heavy (non-hydrogen) atoms. The van der Waals surface area contributed by atoms with E-state index in [0.29, 0.717) is 5.56 Å². The van der Waals surface area contributed by atoms with Crippen LogP contribution in [0.2, 0.25) is 0 Å². The summed E-state index contributed by atoms with van der Waals surface area (Å²) in [6.07, 6.45) is 1.83. The number of hydrogen-bond acceptors (Lipinski definition) is 7. The molecule has 3 aromatic rings. The maximum absolute atomic E-state index is 12.9. The summed E-state index contributed by atoms with van der Waals surface area (Å²) in [7, 11) is 0. The molecule has 0 spiro atoms. The van der Waals surface area contributed by atoms with Crippen LogP contribution in [0.4, 0.5) is 4.79 Å². The van der Waals surface area contributed by atoms with E-state index in [0.717, 1.165) is 34.4 Å². The first-order chi connectivity index (χ1) is 20.6. The molecule has 9 heteroatoms. The molecule has 9 nitrogen and oxygen atoms in total. The number of nitrogens with two attached hydrogens (primary N) is 1. The molecule has 0 bridgehead atoms. The normalized spacial score (nSPS) is 10.9. The lowest BCUT2D eigenvalue weighted by Crippen LogP contribution is -2.49. The van der Waals surface area contributed by atoms with E-state index in [-0.39, 0.29) is 19.6 Å². The van der Waals surface area contributed by atoms with Crippen molar-refractivity contribution in [3.8, 4) is 0 Å². The van der Waals surface area contributed by atoms with E-state index < -0.39 is 36.4 Å². The van der Waals surface area contributed by atoms with Gasteiger partial charge in [-0.3, -0.25) is 9.59 Å². The smallest absolute Gasteiger partial charge is 0.408 e. The average molecular weight is 590 g/mol. The summed E-state index contributed by atoms with van der Waals surface area (Å²) in [5.41, 5.74) is 9.75. The molecule has 0 aliphatic carbocycles. The number of esters is 1. The number of rotatable bonds is 13. The molecule has 2 amide bonds. The molecular weight excluding hydrogens is 546 g/mol. The minimum Gasteiger partial charge on any atom is -0.454 e. The number of aryl methyl sites for hydroxylation is 3. The molecule has 3 rings (SSSR count). The van der Waals surface area contributed by atoms with Gasteiger partial charge in [0.15, 0.2) is 12.4 Å². The van der Waals surface area contributed by atoms with Crippen molar-refractivity contribution >= 4 is 23.8 Å². The lowest BCUT2D eigenvalue weighted by Gasteiger charge is -2.18. The fourth-order valence-electron chi connectivity index (χ4n) is 4.25. The average Bonchev–Trinajstić information content (AvgIpc) is 2.98. The number of unbranched alkanes of at least 4 members (excludes halogenated alkanes) is 1. The zero-order valence-electron chi connectivity index (χ0n) is 25.5. The first-order valence-corrected chi connectivity index (χ1v) is 14.4. The molecule has 0 aliphatic heterocycles. The second-order valence-corrected chi connectivity index (χ2v) is 10.2. The molecule has 0 saturated carbocycles. The van der Waals surface area contributed by atoms with E-state index >= 15 is 0 Å². The van der Waals surface area contributed by atoms with Crippen molar-refractivity contribution in [2.24, 2.45) is 5.73 Å². The number of ketones is 1. The molecule has 0 fully saturated rings. The second kappa shape index (κ2) is 18.8. The molecule has 1 atom stereocenters. The first kappa shape index (κ1) is 34.7. The van der Waals surface area contributed by atoms with E-state index in [1.165, 1.54) is 12.8 Å². The molecule has 1 unspecified atom stereocenters. The second-order valence-electron chi connectivity index (χ2n) is 10.2. The third kappa shape index (κ3) is 12.9. The highest BCUT2D eigenvalue weighted by atomic mass is 16.5. The standard InChI is InChI=1S/C30H32N2O6.C4H11N/c1-20-14-21(2)27(22(3)15-20)29(35)37-19-25(33)17-31-28(34)26(16-23-10-6-4-7-11-23)32-30(36)38-18-24-12-8-5-9-13-24;1-2-3-4-5/h4-15,26H,16-19H2,1-3H3,(H,31,34)(H,32,36);2-5H2,1H3. The highest BCUT2D eigenvalue weighted by molar-refractivity contribution is 5.95. The highest BCUT2D eigenvalue weighted by Gasteiger charge is 2.23. The molecule has 0 radical (unpaired) electrons. The highest BCUT2D eigenvalue weighted by Crippen LogP contribution is 2.17. The van der Waals surface area contributed by atoms with Gasteiger partial charge in [-0.25, -0.2) is 9.59 Å². The van der Waals surface area contributed by atoms with Gasteiger partial charge in [0.05, 0.1) is 12.1 Å². The van der Waals surface area contributed by atoms with Gasteiger partial charge in [0.25, 0.3) is 0 Å². The van der Waals surface area contributed by atoms with Crippen LogP contribution in [0.3, 0.4) is 0 Å².